The molecule has 14 heavy (non-hydrogen) atoms. The van der Waals surface area contributed by atoms with Gasteiger partial charge in [-0.2, -0.15) is 10.2 Å². The average Bonchev–Trinajstić information content (AvgIpc) is 2.72. The van der Waals surface area contributed by atoms with Crippen LogP contribution in [0.5, 0.6) is 0 Å². The Morgan fingerprint density at radius 3 is 2.93 bits per heavy atom. The van der Waals surface area contributed by atoms with Gasteiger partial charge in [-0.15, -0.1) is 11.3 Å². The van der Waals surface area contributed by atoms with Crippen molar-refractivity contribution in [3.05, 3.63) is 40.6 Å². The van der Waals surface area contributed by atoms with Crippen LogP contribution in [0.15, 0.2) is 29.2 Å². The first kappa shape index (κ1) is 9.23. The summed E-state index contributed by atoms with van der Waals surface area (Å²) in [6.45, 7) is 1.51. The van der Waals surface area contributed by atoms with E-state index in [9.17, 15) is 0 Å². The molecule has 0 aliphatic carbocycles. The molecule has 2 heterocycles. The highest BCUT2D eigenvalue weighted by atomic mass is 32.1. The summed E-state index contributed by atoms with van der Waals surface area (Å²) in [5.74, 6) is 0. The topological polar surface area (TPSA) is 50.7 Å². The van der Waals surface area contributed by atoms with Crippen molar-refractivity contribution in [2.24, 2.45) is 0 Å². The molecule has 0 fully saturated rings. The van der Waals surface area contributed by atoms with Crippen LogP contribution in [0.3, 0.4) is 0 Å². The second-order valence-electron chi connectivity index (χ2n) is 2.80. The fraction of sp³-hybridized carbons (Fsp3) is 0.222. The van der Waals surface area contributed by atoms with Crippen LogP contribution in [-0.4, -0.2) is 15.2 Å². The largest absolute Gasteiger partial charge is 0.305 e. The van der Waals surface area contributed by atoms with E-state index in [4.69, 9.17) is 0 Å². The number of thiazole rings is 1. The van der Waals surface area contributed by atoms with E-state index in [-0.39, 0.29) is 0 Å². The maximum absolute atomic E-state index is 4.17. The maximum Gasteiger partial charge on any atom is 0.0795 e. The summed E-state index contributed by atoms with van der Waals surface area (Å²) in [7, 11) is 0. The first-order valence-electron chi connectivity index (χ1n) is 4.29. The standard InChI is InChI=1S/C9H10N4S/c1-2-8(13-12-3-1)4-10-5-9-6-14-7-11-9/h1-3,6-7,10H,4-5H2. The normalized spacial score (nSPS) is 10.3. The van der Waals surface area contributed by atoms with Gasteiger partial charge in [-0.05, 0) is 12.1 Å². The summed E-state index contributed by atoms with van der Waals surface area (Å²) in [4.78, 5) is 4.17. The summed E-state index contributed by atoms with van der Waals surface area (Å²) in [6.07, 6.45) is 1.67. The van der Waals surface area contributed by atoms with Gasteiger partial charge in [0.05, 0.1) is 16.9 Å². The molecule has 2 aromatic rings. The molecule has 0 saturated heterocycles. The third-order valence-electron chi connectivity index (χ3n) is 1.72. The van der Waals surface area contributed by atoms with Crippen molar-refractivity contribution < 1.29 is 0 Å². The molecule has 5 heteroatoms. The molecule has 0 bridgehead atoms. The van der Waals surface area contributed by atoms with E-state index in [1.54, 1.807) is 17.5 Å². The quantitative estimate of drug-likeness (QED) is 0.817. The molecule has 72 valence electrons. The van der Waals surface area contributed by atoms with Gasteiger partial charge < -0.3 is 5.32 Å². The molecule has 2 rings (SSSR count). The number of rotatable bonds is 4. The molecule has 0 aliphatic rings. The highest BCUT2D eigenvalue weighted by molar-refractivity contribution is 7.07. The molecule has 0 atom stereocenters. The molecule has 0 unspecified atom stereocenters. The third kappa shape index (κ3) is 2.58. The smallest absolute Gasteiger partial charge is 0.0795 e. The number of nitrogens with zero attached hydrogens (tertiary/aromatic N) is 3. The first-order chi connectivity index (χ1) is 6.95. The minimum absolute atomic E-state index is 0.728. The number of aromatic nitrogens is 3. The molecule has 2 aromatic heterocycles. The molecule has 0 spiro atoms. The molecule has 0 radical (unpaired) electrons. The van der Waals surface area contributed by atoms with Crippen LogP contribution in [0.2, 0.25) is 0 Å². The van der Waals surface area contributed by atoms with E-state index in [1.165, 1.54) is 0 Å². The highest BCUT2D eigenvalue weighted by Crippen LogP contribution is 2.00. The van der Waals surface area contributed by atoms with Crippen molar-refractivity contribution >= 4 is 11.3 Å². The van der Waals surface area contributed by atoms with Gasteiger partial charge in [-0.25, -0.2) is 4.98 Å². The Morgan fingerprint density at radius 2 is 2.21 bits per heavy atom. The van der Waals surface area contributed by atoms with Crippen molar-refractivity contribution in [3.8, 4) is 0 Å². The molecule has 0 aliphatic heterocycles. The Labute approximate surface area is 86.0 Å². The van der Waals surface area contributed by atoms with Crippen LogP contribution in [0, 0.1) is 0 Å². The van der Waals surface area contributed by atoms with Gasteiger partial charge in [0.2, 0.25) is 0 Å². The van der Waals surface area contributed by atoms with Crippen LogP contribution in [0.25, 0.3) is 0 Å². The van der Waals surface area contributed by atoms with Gasteiger partial charge in [0.15, 0.2) is 0 Å². The Hall–Kier alpha value is -1.33. The van der Waals surface area contributed by atoms with Crippen LogP contribution < -0.4 is 5.32 Å². The van der Waals surface area contributed by atoms with E-state index >= 15 is 0 Å². The maximum atomic E-state index is 4.17. The SMILES string of the molecule is c1cnnc(CNCc2cscn2)c1. The van der Waals surface area contributed by atoms with Gasteiger partial charge >= 0.3 is 0 Å². The molecule has 1 N–H and O–H groups in total. The lowest BCUT2D eigenvalue weighted by Gasteiger charge is -2.00. The number of nitrogens with one attached hydrogen (secondary N) is 1. The fourth-order valence-corrected chi connectivity index (χ4v) is 1.63. The van der Waals surface area contributed by atoms with E-state index in [0.717, 1.165) is 24.5 Å². The number of hydrogen-bond acceptors (Lipinski definition) is 5. The van der Waals surface area contributed by atoms with Crippen molar-refractivity contribution in [1.29, 1.82) is 0 Å². The number of hydrogen-bond donors (Lipinski definition) is 1. The zero-order valence-electron chi connectivity index (χ0n) is 7.55. The highest BCUT2D eigenvalue weighted by Gasteiger charge is 1.95. The van der Waals surface area contributed by atoms with Gasteiger partial charge in [0.1, 0.15) is 0 Å². The molecule has 0 aromatic carbocycles. The minimum Gasteiger partial charge on any atom is -0.305 e. The van der Waals surface area contributed by atoms with E-state index in [1.807, 2.05) is 23.0 Å². The van der Waals surface area contributed by atoms with Crippen molar-refractivity contribution in [1.82, 2.24) is 20.5 Å². The second kappa shape index (κ2) is 4.78. The van der Waals surface area contributed by atoms with Crippen molar-refractivity contribution in [2.75, 3.05) is 0 Å². The Bertz CT molecular complexity index is 360. The minimum atomic E-state index is 0.728. The zero-order chi connectivity index (χ0) is 9.64. The Morgan fingerprint density at radius 1 is 1.29 bits per heavy atom. The molecule has 0 saturated carbocycles. The molecule has 4 nitrogen and oxygen atoms in total. The predicted molar refractivity (Wildman–Crippen MR) is 54.7 cm³/mol. The van der Waals surface area contributed by atoms with E-state index < -0.39 is 0 Å². The van der Waals surface area contributed by atoms with Crippen molar-refractivity contribution in [2.45, 2.75) is 13.1 Å². The van der Waals surface area contributed by atoms with Gasteiger partial charge in [0, 0.05) is 24.7 Å². The molecule has 0 amide bonds. The van der Waals surface area contributed by atoms with Crippen LogP contribution in [0.4, 0.5) is 0 Å². The summed E-state index contributed by atoms with van der Waals surface area (Å²) < 4.78 is 0. The zero-order valence-corrected chi connectivity index (χ0v) is 8.37. The summed E-state index contributed by atoms with van der Waals surface area (Å²) in [6, 6.07) is 3.83. The first-order valence-corrected chi connectivity index (χ1v) is 5.24. The molecular formula is C9H10N4S. The third-order valence-corrected chi connectivity index (χ3v) is 2.36. The van der Waals surface area contributed by atoms with Gasteiger partial charge in [-0.3, -0.25) is 0 Å². The predicted octanol–water partition coefficient (Wildman–Crippen LogP) is 1.22. The van der Waals surface area contributed by atoms with Crippen molar-refractivity contribution in [3.63, 3.8) is 0 Å². The summed E-state index contributed by atoms with van der Waals surface area (Å²) >= 11 is 1.61. The summed E-state index contributed by atoms with van der Waals surface area (Å²) in [5.41, 5.74) is 3.85. The summed E-state index contributed by atoms with van der Waals surface area (Å²) in [5, 5.41) is 13.0. The Balaban J connectivity index is 1.79. The van der Waals surface area contributed by atoms with Gasteiger partial charge in [-0.1, -0.05) is 0 Å². The lowest BCUT2D eigenvalue weighted by molar-refractivity contribution is 0.661. The van der Waals surface area contributed by atoms with E-state index in [2.05, 4.69) is 20.5 Å². The second-order valence-corrected chi connectivity index (χ2v) is 3.52. The fourth-order valence-electron chi connectivity index (χ4n) is 1.07. The monoisotopic (exact) mass is 206 g/mol. The lowest BCUT2D eigenvalue weighted by atomic mass is 10.4. The van der Waals surface area contributed by atoms with Crippen LogP contribution >= 0.6 is 11.3 Å². The van der Waals surface area contributed by atoms with E-state index in [0.29, 0.717) is 0 Å². The Kier molecular flexibility index (Phi) is 3.15. The lowest BCUT2D eigenvalue weighted by Crippen LogP contribution is -2.13. The molecular weight excluding hydrogens is 196 g/mol. The van der Waals surface area contributed by atoms with Crippen LogP contribution in [-0.2, 0) is 13.1 Å². The van der Waals surface area contributed by atoms with Crippen LogP contribution in [0.1, 0.15) is 11.4 Å². The van der Waals surface area contributed by atoms with Gasteiger partial charge in [0.25, 0.3) is 0 Å². The average molecular weight is 206 g/mol.